The number of hydrogen-bond donors (Lipinski definition) is 2. The molecular formula is C12H12N4. The summed E-state index contributed by atoms with van der Waals surface area (Å²) in [7, 11) is 0. The van der Waals surface area contributed by atoms with Crippen LogP contribution in [0.3, 0.4) is 0 Å². The first-order valence-electron chi connectivity index (χ1n) is 5.21. The molecule has 2 aromatic heterocycles. The van der Waals surface area contributed by atoms with Crippen LogP contribution < -0.4 is 0 Å². The van der Waals surface area contributed by atoms with Gasteiger partial charge in [0, 0.05) is 6.20 Å². The summed E-state index contributed by atoms with van der Waals surface area (Å²) in [5, 5.41) is 6.83. The number of fused-ring (bicyclic) bond motifs is 1. The first-order chi connectivity index (χ1) is 7.74. The molecular weight excluding hydrogens is 200 g/mol. The molecule has 0 saturated heterocycles. The van der Waals surface area contributed by atoms with Gasteiger partial charge >= 0.3 is 0 Å². The lowest BCUT2D eigenvalue weighted by molar-refractivity contribution is 1.08. The predicted molar refractivity (Wildman–Crippen MR) is 63.1 cm³/mol. The van der Waals surface area contributed by atoms with Crippen LogP contribution in [0, 0.1) is 13.8 Å². The van der Waals surface area contributed by atoms with Gasteiger partial charge in [-0.2, -0.15) is 5.10 Å². The van der Waals surface area contributed by atoms with Crippen LogP contribution in [-0.2, 0) is 0 Å². The molecule has 0 bridgehead atoms. The number of nitrogens with one attached hydrogen (secondary N) is 2. The summed E-state index contributed by atoms with van der Waals surface area (Å²) in [5.41, 5.74) is 5.44. The van der Waals surface area contributed by atoms with Crippen LogP contribution in [0.4, 0.5) is 0 Å². The van der Waals surface area contributed by atoms with E-state index in [-0.39, 0.29) is 0 Å². The number of hydrogen-bond acceptors (Lipinski definition) is 2. The van der Waals surface area contributed by atoms with Gasteiger partial charge in [-0.05, 0) is 37.1 Å². The van der Waals surface area contributed by atoms with Crippen molar-refractivity contribution in [2.45, 2.75) is 13.8 Å². The van der Waals surface area contributed by atoms with Crippen molar-refractivity contribution in [3.05, 3.63) is 35.5 Å². The fraction of sp³-hybridized carbons (Fsp3) is 0.167. The third-order valence-corrected chi connectivity index (χ3v) is 2.68. The quantitative estimate of drug-likeness (QED) is 0.651. The van der Waals surface area contributed by atoms with E-state index in [4.69, 9.17) is 0 Å². The molecule has 3 aromatic rings. The normalized spacial score (nSPS) is 11.1. The standard InChI is InChI=1S/C12H12N4/c1-7-5-8(2)11-10(6-7)14-12(15-11)9-3-4-13-16-9/h3-6H,1-2H3,(H,13,16)(H,14,15). The number of rotatable bonds is 1. The van der Waals surface area contributed by atoms with Crippen molar-refractivity contribution < 1.29 is 0 Å². The molecule has 0 atom stereocenters. The summed E-state index contributed by atoms with van der Waals surface area (Å²) in [6.07, 6.45) is 1.72. The van der Waals surface area contributed by atoms with E-state index in [0.29, 0.717) is 0 Å². The molecule has 4 heteroatoms. The molecule has 16 heavy (non-hydrogen) atoms. The summed E-state index contributed by atoms with van der Waals surface area (Å²) in [4.78, 5) is 7.87. The molecule has 1 aromatic carbocycles. The van der Waals surface area contributed by atoms with Crippen LogP contribution in [0.1, 0.15) is 11.1 Å². The molecule has 0 radical (unpaired) electrons. The van der Waals surface area contributed by atoms with Crippen molar-refractivity contribution in [2.24, 2.45) is 0 Å². The molecule has 0 amide bonds. The zero-order valence-electron chi connectivity index (χ0n) is 9.20. The van der Waals surface area contributed by atoms with E-state index < -0.39 is 0 Å². The number of benzene rings is 1. The third-order valence-electron chi connectivity index (χ3n) is 2.68. The lowest BCUT2D eigenvalue weighted by Crippen LogP contribution is -1.80. The van der Waals surface area contributed by atoms with Crippen molar-refractivity contribution in [2.75, 3.05) is 0 Å². The summed E-state index contributed by atoms with van der Waals surface area (Å²) in [6.45, 7) is 4.16. The number of aromatic amines is 2. The van der Waals surface area contributed by atoms with E-state index in [1.807, 2.05) is 6.07 Å². The molecule has 80 valence electrons. The molecule has 0 unspecified atom stereocenters. The molecule has 0 aliphatic rings. The zero-order chi connectivity index (χ0) is 11.1. The largest absolute Gasteiger partial charge is 0.337 e. The number of aryl methyl sites for hydroxylation is 2. The predicted octanol–water partition coefficient (Wildman–Crippen LogP) is 2.57. The zero-order valence-corrected chi connectivity index (χ0v) is 9.20. The van der Waals surface area contributed by atoms with E-state index in [9.17, 15) is 0 Å². The monoisotopic (exact) mass is 212 g/mol. The molecule has 0 saturated carbocycles. The van der Waals surface area contributed by atoms with Gasteiger partial charge in [0.1, 0.15) is 5.69 Å². The van der Waals surface area contributed by atoms with Crippen molar-refractivity contribution >= 4 is 11.0 Å². The van der Waals surface area contributed by atoms with E-state index in [2.05, 4.69) is 46.1 Å². The summed E-state index contributed by atoms with van der Waals surface area (Å²) in [5.74, 6) is 0.834. The van der Waals surface area contributed by atoms with Crippen molar-refractivity contribution in [3.8, 4) is 11.5 Å². The van der Waals surface area contributed by atoms with Crippen LogP contribution >= 0.6 is 0 Å². The Labute approximate surface area is 92.7 Å². The van der Waals surface area contributed by atoms with Crippen LogP contribution in [-0.4, -0.2) is 20.2 Å². The average Bonchev–Trinajstić information content (AvgIpc) is 2.82. The smallest absolute Gasteiger partial charge is 0.156 e. The topological polar surface area (TPSA) is 57.4 Å². The van der Waals surface area contributed by atoms with E-state index in [1.165, 1.54) is 11.1 Å². The van der Waals surface area contributed by atoms with Crippen LogP contribution in [0.2, 0.25) is 0 Å². The maximum Gasteiger partial charge on any atom is 0.156 e. The average molecular weight is 212 g/mol. The van der Waals surface area contributed by atoms with Crippen molar-refractivity contribution in [3.63, 3.8) is 0 Å². The Balaban J connectivity index is 2.27. The molecule has 2 N–H and O–H groups in total. The summed E-state index contributed by atoms with van der Waals surface area (Å²) < 4.78 is 0. The summed E-state index contributed by atoms with van der Waals surface area (Å²) >= 11 is 0. The summed E-state index contributed by atoms with van der Waals surface area (Å²) in [6, 6.07) is 6.15. The van der Waals surface area contributed by atoms with Gasteiger partial charge in [-0.3, -0.25) is 5.10 Å². The van der Waals surface area contributed by atoms with Crippen molar-refractivity contribution in [1.29, 1.82) is 0 Å². The second kappa shape index (κ2) is 3.20. The molecule has 3 rings (SSSR count). The molecule has 0 aliphatic heterocycles. The SMILES string of the molecule is Cc1cc(C)c2nc(-c3ccn[nH]3)[nH]c2c1. The number of H-pyrrole nitrogens is 2. The minimum Gasteiger partial charge on any atom is -0.337 e. The Kier molecular flexibility index (Phi) is 1.83. The van der Waals surface area contributed by atoms with Gasteiger partial charge in [-0.25, -0.2) is 4.98 Å². The Morgan fingerprint density at radius 3 is 2.81 bits per heavy atom. The maximum absolute atomic E-state index is 4.57. The van der Waals surface area contributed by atoms with E-state index in [0.717, 1.165) is 22.6 Å². The van der Waals surface area contributed by atoms with Crippen LogP contribution in [0.15, 0.2) is 24.4 Å². The van der Waals surface area contributed by atoms with E-state index in [1.54, 1.807) is 6.20 Å². The van der Waals surface area contributed by atoms with E-state index >= 15 is 0 Å². The minimum absolute atomic E-state index is 0.834. The van der Waals surface area contributed by atoms with Gasteiger partial charge in [0.2, 0.25) is 0 Å². The Bertz CT molecular complexity index is 634. The van der Waals surface area contributed by atoms with Gasteiger partial charge < -0.3 is 4.98 Å². The van der Waals surface area contributed by atoms with Gasteiger partial charge in [-0.15, -0.1) is 0 Å². The van der Waals surface area contributed by atoms with Gasteiger partial charge in [0.25, 0.3) is 0 Å². The Hall–Kier alpha value is -2.10. The first-order valence-corrected chi connectivity index (χ1v) is 5.21. The van der Waals surface area contributed by atoms with Gasteiger partial charge in [-0.1, -0.05) is 6.07 Å². The highest BCUT2D eigenvalue weighted by molar-refractivity contribution is 5.82. The number of imidazole rings is 1. The number of aromatic nitrogens is 4. The molecule has 0 fully saturated rings. The molecule has 0 spiro atoms. The molecule has 0 aliphatic carbocycles. The second-order valence-corrected chi connectivity index (χ2v) is 4.03. The highest BCUT2D eigenvalue weighted by Gasteiger charge is 2.08. The van der Waals surface area contributed by atoms with Crippen LogP contribution in [0.25, 0.3) is 22.6 Å². The lowest BCUT2D eigenvalue weighted by atomic mass is 10.1. The first kappa shape index (κ1) is 9.15. The fourth-order valence-electron chi connectivity index (χ4n) is 1.99. The lowest BCUT2D eigenvalue weighted by Gasteiger charge is -1.96. The highest BCUT2D eigenvalue weighted by atomic mass is 15.1. The van der Waals surface area contributed by atoms with Crippen molar-refractivity contribution in [1.82, 2.24) is 20.2 Å². The second-order valence-electron chi connectivity index (χ2n) is 4.03. The minimum atomic E-state index is 0.834. The third kappa shape index (κ3) is 1.31. The Morgan fingerprint density at radius 2 is 2.06 bits per heavy atom. The highest BCUT2D eigenvalue weighted by Crippen LogP contribution is 2.22. The molecule has 2 heterocycles. The maximum atomic E-state index is 4.57. The van der Waals surface area contributed by atoms with Gasteiger partial charge in [0.05, 0.1) is 11.0 Å². The molecule has 4 nitrogen and oxygen atoms in total. The fourth-order valence-corrected chi connectivity index (χ4v) is 1.99. The van der Waals surface area contributed by atoms with Gasteiger partial charge in [0.15, 0.2) is 5.82 Å². The Morgan fingerprint density at radius 1 is 1.19 bits per heavy atom. The number of nitrogens with zero attached hydrogens (tertiary/aromatic N) is 2. The van der Waals surface area contributed by atoms with Crippen LogP contribution in [0.5, 0.6) is 0 Å².